The SMILES string of the molecule is Cn1ncc2cc(-c3nccc(C(=O)O)n3)ccc21. The first-order chi connectivity index (χ1) is 9.15. The number of rotatable bonds is 2. The van der Waals surface area contributed by atoms with E-state index < -0.39 is 5.97 Å². The fourth-order valence-corrected chi connectivity index (χ4v) is 1.92. The molecule has 0 atom stereocenters. The van der Waals surface area contributed by atoms with Crippen LogP contribution in [0.4, 0.5) is 0 Å². The molecular weight excluding hydrogens is 244 g/mol. The van der Waals surface area contributed by atoms with Crippen molar-refractivity contribution in [1.82, 2.24) is 19.7 Å². The number of hydrogen-bond donors (Lipinski definition) is 1. The Bertz CT molecular complexity index is 779. The smallest absolute Gasteiger partial charge is 0.354 e. The lowest BCUT2D eigenvalue weighted by Crippen LogP contribution is -2.02. The molecule has 1 aromatic carbocycles. The molecule has 19 heavy (non-hydrogen) atoms. The number of aromatic carboxylic acids is 1. The van der Waals surface area contributed by atoms with Crippen LogP contribution in [-0.2, 0) is 7.05 Å². The van der Waals surface area contributed by atoms with Gasteiger partial charge in [-0.1, -0.05) is 0 Å². The summed E-state index contributed by atoms with van der Waals surface area (Å²) >= 11 is 0. The van der Waals surface area contributed by atoms with Gasteiger partial charge in [-0.25, -0.2) is 14.8 Å². The Balaban J connectivity index is 2.13. The molecule has 6 heteroatoms. The van der Waals surface area contributed by atoms with Gasteiger partial charge in [-0.05, 0) is 24.3 Å². The van der Waals surface area contributed by atoms with Crippen molar-refractivity contribution in [3.05, 3.63) is 42.4 Å². The van der Waals surface area contributed by atoms with Crippen LogP contribution in [-0.4, -0.2) is 30.8 Å². The van der Waals surface area contributed by atoms with Crippen LogP contribution in [0, 0.1) is 0 Å². The highest BCUT2D eigenvalue weighted by molar-refractivity contribution is 5.86. The van der Waals surface area contributed by atoms with Crippen molar-refractivity contribution in [2.45, 2.75) is 0 Å². The Labute approximate surface area is 108 Å². The molecule has 0 fully saturated rings. The Morgan fingerprint density at radius 1 is 1.32 bits per heavy atom. The zero-order chi connectivity index (χ0) is 13.4. The van der Waals surface area contributed by atoms with Crippen molar-refractivity contribution in [3.63, 3.8) is 0 Å². The predicted molar refractivity (Wildman–Crippen MR) is 68.7 cm³/mol. The quantitative estimate of drug-likeness (QED) is 0.753. The molecule has 0 unspecified atom stereocenters. The number of hydrogen-bond acceptors (Lipinski definition) is 4. The maximum Gasteiger partial charge on any atom is 0.354 e. The van der Waals surface area contributed by atoms with Crippen LogP contribution in [0.5, 0.6) is 0 Å². The summed E-state index contributed by atoms with van der Waals surface area (Å²) < 4.78 is 1.77. The van der Waals surface area contributed by atoms with Crippen LogP contribution in [0.25, 0.3) is 22.3 Å². The maximum absolute atomic E-state index is 10.9. The number of aromatic nitrogens is 4. The number of fused-ring (bicyclic) bond motifs is 1. The van der Waals surface area contributed by atoms with Gasteiger partial charge in [0.2, 0.25) is 0 Å². The fraction of sp³-hybridized carbons (Fsp3) is 0.0769. The Morgan fingerprint density at radius 3 is 2.95 bits per heavy atom. The van der Waals surface area contributed by atoms with E-state index in [9.17, 15) is 4.79 Å². The van der Waals surface area contributed by atoms with Crippen LogP contribution in [0.3, 0.4) is 0 Å². The average molecular weight is 254 g/mol. The van der Waals surface area contributed by atoms with Crippen molar-refractivity contribution >= 4 is 16.9 Å². The number of carbonyl (C=O) groups is 1. The first-order valence-corrected chi connectivity index (χ1v) is 5.63. The summed E-state index contributed by atoms with van der Waals surface area (Å²) in [6.45, 7) is 0. The van der Waals surface area contributed by atoms with Gasteiger partial charge < -0.3 is 5.11 Å². The molecule has 2 heterocycles. The van der Waals surface area contributed by atoms with Gasteiger partial charge in [-0.15, -0.1) is 0 Å². The molecule has 0 aliphatic carbocycles. The van der Waals surface area contributed by atoms with Crippen LogP contribution >= 0.6 is 0 Å². The monoisotopic (exact) mass is 254 g/mol. The topological polar surface area (TPSA) is 80.9 Å². The number of nitrogens with zero attached hydrogens (tertiary/aromatic N) is 4. The first-order valence-electron chi connectivity index (χ1n) is 5.63. The lowest BCUT2D eigenvalue weighted by atomic mass is 10.1. The second-order valence-electron chi connectivity index (χ2n) is 4.11. The van der Waals surface area contributed by atoms with E-state index in [0.717, 1.165) is 16.5 Å². The zero-order valence-electron chi connectivity index (χ0n) is 10.1. The second-order valence-corrected chi connectivity index (χ2v) is 4.11. The molecule has 0 saturated heterocycles. The van der Waals surface area contributed by atoms with Crippen molar-refractivity contribution < 1.29 is 9.90 Å². The molecule has 3 rings (SSSR count). The van der Waals surface area contributed by atoms with Gasteiger partial charge in [-0.2, -0.15) is 5.10 Å². The van der Waals surface area contributed by atoms with Crippen LogP contribution in [0.1, 0.15) is 10.5 Å². The van der Waals surface area contributed by atoms with Gasteiger partial charge in [0.05, 0.1) is 11.7 Å². The summed E-state index contributed by atoms with van der Waals surface area (Å²) in [4.78, 5) is 19.0. The predicted octanol–water partition coefficient (Wildman–Crippen LogP) is 1.73. The molecule has 6 nitrogen and oxygen atoms in total. The van der Waals surface area contributed by atoms with Gasteiger partial charge in [0, 0.05) is 24.2 Å². The molecule has 0 aliphatic rings. The number of aryl methyl sites for hydroxylation is 1. The molecule has 94 valence electrons. The molecule has 0 radical (unpaired) electrons. The van der Waals surface area contributed by atoms with Crippen molar-refractivity contribution in [1.29, 1.82) is 0 Å². The number of carboxylic acids is 1. The van der Waals surface area contributed by atoms with E-state index in [0.29, 0.717) is 5.82 Å². The molecular formula is C13H10N4O2. The third-order valence-electron chi connectivity index (χ3n) is 2.88. The van der Waals surface area contributed by atoms with Crippen molar-refractivity contribution in [3.8, 4) is 11.4 Å². The molecule has 0 spiro atoms. The molecule has 0 bridgehead atoms. The van der Waals surface area contributed by atoms with E-state index in [4.69, 9.17) is 5.11 Å². The minimum absolute atomic E-state index is 0.0173. The van der Waals surface area contributed by atoms with E-state index in [1.165, 1.54) is 12.3 Å². The Kier molecular flexibility index (Phi) is 2.49. The number of carboxylic acid groups (broad SMARTS) is 1. The van der Waals surface area contributed by atoms with E-state index in [-0.39, 0.29) is 5.69 Å². The molecule has 0 aliphatic heterocycles. The highest BCUT2D eigenvalue weighted by Crippen LogP contribution is 2.21. The summed E-state index contributed by atoms with van der Waals surface area (Å²) in [7, 11) is 1.86. The molecule has 2 aromatic heterocycles. The lowest BCUT2D eigenvalue weighted by Gasteiger charge is -2.02. The minimum Gasteiger partial charge on any atom is -0.477 e. The first kappa shape index (κ1) is 11.3. The fourth-order valence-electron chi connectivity index (χ4n) is 1.92. The largest absolute Gasteiger partial charge is 0.477 e. The normalized spacial score (nSPS) is 10.8. The molecule has 0 saturated carbocycles. The highest BCUT2D eigenvalue weighted by Gasteiger charge is 2.09. The molecule has 0 amide bonds. The maximum atomic E-state index is 10.9. The van der Waals surface area contributed by atoms with Gasteiger partial charge in [-0.3, -0.25) is 4.68 Å². The van der Waals surface area contributed by atoms with Gasteiger partial charge in [0.25, 0.3) is 0 Å². The molecule has 1 N–H and O–H groups in total. The third kappa shape index (κ3) is 1.93. The van der Waals surface area contributed by atoms with Gasteiger partial charge in [0.15, 0.2) is 11.5 Å². The van der Waals surface area contributed by atoms with E-state index in [2.05, 4.69) is 15.1 Å². The van der Waals surface area contributed by atoms with Crippen LogP contribution in [0.15, 0.2) is 36.7 Å². The van der Waals surface area contributed by atoms with Gasteiger partial charge in [0.1, 0.15) is 0 Å². The standard InChI is InChI=1S/C13H10N4O2/c1-17-11-3-2-8(6-9(11)7-15-17)12-14-5-4-10(16-12)13(18)19/h2-7H,1H3,(H,18,19). The summed E-state index contributed by atoms with van der Waals surface area (Å²) in [5.74, 6) is -0.670. The average Bonchev–Trinajstić information content (AvgIpc) is 2.80. The third-order valence-corrected chi connectivity index (χ3v) is 2.88. The Morgan fingerprint density at radius 2 is 2.16 bits per heavy atom. The van der Waals surface area contributed by atoms with E-state index >= 15 is 0 Å². The Hall–Kier alpha value is -2.76. The zero-order valence-corrected chi connectivity index (χ0v) is 10.1. The van der Waals surface area contributed by atoms with Crippen molar-refractivity contribution in [2.24, 2.45) is 7.05 Å². The van der Waals surface area contributed by atoms with Crippen LogP contribution < -0.4 is 0 Å². The number of benzene rings is 1. The summed E-state index contributed by atoms with van der Waals surface area (Å²) in [5, 5.41) is 14.0. The lowest BCUT2D eigenvalue weighted by molar-refractivity contribution is 0.0690. The second kappa shape index (κ2) is 4.16. The molecule has 3 aromatic rings. The summed E-state index contributed by atoms with van der Waals surface area (Å²) in [6.07, 6.45) is 3.19. The minimum atomic E-state index is -1.06. The van der Waals surface area contributed by atoms with E-state index in [1.807, 2.05) is 25.2 Å². The van der Waals surface area contributed by atoms with Gasteiger partial charge >= 0.3 is 5.97 Å². The summed E-state index contributed by atoms with van der Waals surface area (Å²) in [5.41, 5.74) is 1.75. The summed E-state index contributed by atoms with van der Waals surface area (Å²) in [6, 6.07) is 7.02. The van der Waals surface area contributed by atoms with Crippen molar-refractivity contribution in [2.75, 3.05) is 0 Å². The van der Waals surface area contributed by atoms with Crippen LogP contribution in [0.2, 0.25) is 0 Å². The highest BCUT2D eigenvalue weighted by atomic mass is 16.4. The van der Waals surface area contributed by atoms with E-state index in [1.54, 1.807) is 10.9 Å².